The molecule has 134 valence electrons. The van der Waals surface area contributed by atoms with E-state index in [1.54, 1.807) is 29.2 Å². The summed E-state index contributed by atoms with van der Waals surface area (Å²) in [4.78, 5) is 28.0. The number of nitrogens with one attached hydrogen (secondary N) is 1. The highest BCUT2D eigenvalue weighted by atomic mass is 16.2. The lowest BCUT2D eigenvalue weighted by atomic mass is 10.1. The van der Waals surface area contributed by atoms with Crippen LogP contribution in [0.3, 0.4) is 0 Å². The van der Waals surface area contributed by atoms with Gasteiger partial charge in [-0.3, -0.25) is 14.5 Å². The largest absolute Gasteiger partial charge is 0.344 e. The van der Waals surface area contributed by atoms with Crippen molar-refractivity contribution in [3.63, 3.8) is 0 Å². The molecule has 1 aliphatic rings. The summed E-state index contributed by atoms with van der Waals surface area (Å²) in [7, 11) is 0. The number of terminal acetylenes is 1. The van der Waals surface area contributed by atoms with Crippen LogP contribution in [0.15, 0.2) is 30.3 Å². The first-order chi connectivity index (χ1) is 12.6. The van der Waals surface area contributed by atoms with E-state index < -0.39 is 0 Å². The number of rotatable bonds is 5. The summed E-state index contributed by atoms with van der Waals surface area (Å²) in [6.07, 6.45) is 9.19. The summed E-state index contributed by atoms with van der Waals surface area (Å²) in [6, 6.07) is 9.18. The van der Waals surface area contributed by atoms with E-state index in [9.17, 15) is 9.59 Å². The summed E-state index contributed by atoms with van der Waals surface area (Å²) < 4.78 is 0. The van der Waals surface area contributed by atoms with E-state index in [1.807, 2.05) is 11.0 Å². The first-order valence-electron chi connectivity index (χ1n) is 8.52. The number of nitrogens with zero attached hydrogens (tertiary/aromatic N) is 3. The monoisotopic (exact) mass is 350 g/mol. The molecule has 0 atom stereocenters. The van der Waals surface area contributed by atoms with Crippen molar-refractivity contribution in [1.29, 1.82) is 5.26 Å². The number of benzene rings is 1. The molecule has 1 heterocycles. The maximum absolute atomic E-state index is 12.4. The van der Waals surface area contributed by atoms with Crippen LogP contribution in [0.2, 0.25) is 0 Å². The van der Waals surface area contributed by atoms with Gasteiger partial charge in [-0.2, -0.15) is 5.26 Å². The lowest BCUT2D eigenvalue weighted by molar-refractivity contribution is -0.125. The van der Waals surface area contributed by atoms with Gasteiger partial charge in [0.05, 0.1) is 24.7 Å². The summed E-state index contributed by atoms with van der Waals surface area (Å²) >= 11 is 0. The summed E-state index contributed by atoms with van der Waals surface area (Å²) in [5.41, 5.74) is 1.38. The Bertz CT molecular complexity index is 758. The normalized spacial score (nSPS) is 15.1. The van der Waals surface area contributed by atoms with Gasteiger partial charge in [-0.05, 0) is 30.2 Å². The van der Waals surface area contributed by atoms with E-state index >= 15 is 0 Å². The summed E-state index contributed by atoms with van der Waals surface area (Å²) in [6.45, 7) is 3.16. The summed E-state index contributed by atoms with van der Waals surface area (Å²) in [5, 5.41) is 11.6. The number of carbonyl (C=O) groups excluding carboxylic acids is 2. The van der Waals surface area contributed by atoms with Gasteiger partial charge in [-0.1, -0.05) is 18.1 Å². The molecule has 26 heavy (non-hydrogen) atoms. The molecule has 1 aromatic carbocycles. The predicted octanol–water partition coefficient (Wildman–Crippen LogP) is 0.855. The Morgan fingerprint density at radius 1 is 1.27 bits per heavy atom. The Morgan fingerprint density at radius 2 is 2.12 bits per heavy atom. The fraction of sp³-hybridized carbons (Fsp3) is 0.350. The van der Waals surface area contributed by atoms with Crippen LogP contribution in [-0.4, -0.2) is 60.9 Å². The van der Waals surface area contributed by atoms with Crippen LogP contribution in [0.1, 0.15) is 17.5 Å². The van der Waals surface area contributed by atoms with Crippen LogP contribution >= 0.6 is 0 Å². The van der Waals surface area contributed by atoms with Crippen molar-refractivity contribution in [2.75, 3.05) is 39.3 Å². The third-order valence-corrected chi connectivity index (χ3v) is 4.09. The van der Waals surface area contributed by atoms with Crippen LogP contribution in [0.4, 0.5) is 0 Å². The SMILES string of the molecule is C#CCNC(=O)CN1CCCN(C(=O)/C=C/c2cccc(C#N)c2)CC1. The minimum Gasteiger partial charge on any atom is -0.344 e. The van der Waals surface area contributed by atoms with Gasteiger partial charge in [0, 0.05) is 32.3 Å². The molecule has 6 heteroatoms. The molecule has 1 fully saturated rings. The van der Waals surface area contributed by atoms with Crippen molar-refractivity contribution in [1.82, 2.24) is 15.1 Å². The van der Waals surface area contributed by atoms with Gasteiger partial charge in [0.25, 0.3) is 0 Å². The van der Waals surface area contributed by atoms with Crippen LogP contribution in [0, 0.1) is 23.7 Å². The topological polar surface area (TPSA) is 76.4 Å². The molecular formula is C20H22N4O2. The number of hydrogen-bond acceptors (Lipinski definition) is 4. The van der Waals surface area contributed by atoms with Crippen LogP contribution in [-0.2, 0) is 9.59 Å². The second-order valence-electron chi connectivity index (χ2n) is 6.01. The zero-order valence-electron chi connectivity index (χ0n) is 14.6. The smallest absolute Gasteiger partial charge is 0.246 e. The van der Waals surface area contributed by atoms with Crippen molar-refractivity contribution in [2.45, 2.75) is 6.42 Å². The molecule has 2 rings (SSSR count). The average molecular weight is 350 g/mol. The van der Waals surface area contributed by atoms with Gasteiger partial charge in [-0.15, -0.1) is 6.42 Å². The van der Waals surface area contributed by atoms with Crippen molar-refractivity contribution in [2.24, 2.45) is 0 Å². The fourth-order valence-corrected chi connectivity index (χ4v) is 2.74. The van der Waals surface area contributed by atoms with Crippen molar-refractivity contribution in [3.05, 3.63) is 41.5 Å². The Balaban J connectivity index is 1.87. The number of carbonyl (C=O) groups is 2. The lowest BCUT2D eigenvalue weighted by Gasteiger charge is -2.20. The molecule has 0 unspecified atom stereocenters. The van der Waals surface area contributed by atoms with E-state index in [0.29, 0.717) is 31.7 Å². The quantitative estimate of drug-likeness (QED) is 0.631. The Kier molecular flexibility index (Phi) is 7.42. The second-order valence-corrected chi connectivity index (χ2v) is 6.01. The Labute approximate surface area is 154 Å². The van der Waals surface area contributed by atoms with E-state index in [0.717, 1.165) is 18.5 Å². The van der Waals surface area contributed by atoms with Crippen molar-refractivity contribution in [3.8, 4) is 18.4 Å². The molecule has 1 aromatic rings. The van der Waals surface area contributed by atoms with Crippen LogP contribution in [0.5, 0.6) is 0 Å². The lowest BCUT2D eigenvalue weighted by Crippen LogP contribution is -2.39. The summed E-state index contributed by atoms with van der Waals surface area (Å²) in [5.74, 6) is 2.21. The van der Waals surface area contributed by atoms with Crippen molar-refractivity contribution < 1.29 is 9.59 Å². The molecule has 0 aliphatic carbocycles. The molecule has 1 aliphatic heterocycles. The molecule has 0 aromatic heterocycles. The number of amides is 2. The molecular weight excluding hydrogens is 328 g/mol. The highest BCUT2D eigenvalue weighted by molar-refractivity contribution is 5.91. The molecule has 0 bridgehead atoms. The average Bonchev–Trinajstić information content (AvgIpc) is 2.90. The maximum atomic E-state index is 12.4. The van der Waals surface area contributed by atoms with Gasteiger partial charge in [0.1, 0.15) is 0 Å². The standard InChI is InChI=1S/C20H22N4O2/c1-2-9-22-19(25)16-23-10-4-11-24(13-12-23)20(26)8-7-17-5-3-6-18(14-17)15-21/h1,3,5-8,14H,4,9-13,16H2,(H,22,25)/b8-7+. The second kappa shape index (κ2) is 10.0. The van der Waals surface area contributed by atoms with E-state index in [1.165, 1.54) is 6.08 Å². The number of hydrogen-bond donors (Lipinski definition) is 1. The Hall–Kier alpha value is -3.09. The fourth-order valence-electron chi connectivity index (χ4n) is 2.74. The Morgan fingerprint density at radius 3 is 2.88 bits per heavy atom. The molecule has 0 radical (unpaired) electrons. The highest BCUT2D eigenvalue weighted by Crippen LogP contribution is 2.08. The molecule has 0 spiro atoms. The minimum atomic E-state index is -0.0972. The van der Waals surface area contributed by atoms with Gasteiger partial charge < -0.3 is 10.2 Å². The van der Waals surface area contributed by atoms with Gasteiger partial charge in [-0.25, -0.2) is 0 Å². The molecule has 0 saturated carbocycles. The van der Waals surface area contributed by atoms with E-state index in [-0.39, 0.29) is 18.4 Å². The van der Waals surface area contributed by atoms with Gasteiger partial charge in [0.15, 0.2) is 0 Å². The third kappa shape index (κ3) is 6.08. The first kappa shape index (κ1) is 19.2. The van der Waals surface area contributed by atoms with E-state index in [2.05, 4.69) is 17.3 Å². The molecule has 1 N–H and O–H groups in total. The zero-order chi connectivity index (χ0) is 18.8. The van der Waals surface area contributed by atoms with E-state index in [4.69, 9.17) is 11.7 Å². The molecule has 2 amide bonds. The predicted molar refractivity (Wildman–Crippen MR) is 99.7 cm³/mol. The zero-order valence-corrected chi connectivity index (χ0v) is 14.6. The maximum Gasteiger partial charge on any atom is 0.246 e. The first-order valence-corrected chi connectivity index (χ1v) is 8.52. The van der Waals surface area contributed by atoms with Crippen molar-refractivity contribution >= 4 is 17.9 Å². The number of nitriles is 1. The third-order valence-electron chi connectivity index (χ3n) is 4.09. The van der Waals surface area contributed by atoms with Gasteiger partial charge in [0.2, 0.25) is 11.8 Å². The molecule has 1 saturated heterocycles. The highest BCUT2D eigenvalue weighted by Gasteiger charge is 2.19. The van der Waals surface area contributed by atoms with Crippen LogP contribution in [0.25, 0.3) is 6.08 Å². The van der Waals surface area contributed by atoms with Crippen LogP contribution < -0.4 is 5.32 Å². The minimum absolute atomic E-state index is 0.0639. The molecule has 6 nitrogen and oxygen atoms in total. The van der Waals surface area contributed by atoms with Gasteiger partial charge >= 0.3 is 0 Å².